The molecule has 0 radical (unpaired) electrons. The van der Waals surface area contributed by atoms with Gasteiger partial charge in [0.25, 0.3) is 0 Å². The van der Waals surface area contributed by atoms with Gasteiger partial charge in [0, 0.05) is 44.7 Å². The number of hydrogen-bond acceptors (Lipinski definition) is 9. The largest absolute Gasteiger partial charge is 0.343 e. The zero-order valence-electron chi connectivity index (χ0n) is 23.6. The normalized spacial score (nSPS) is 11.8. The first-order chi connectivity index (χ1) is 17.9. The maximum atomic E-state index is 13.2. The fourth-order valence-electron chi connectivity index (χ4n) is 3.98. The average Bonchev–Trinajstić information content (AvgIpc) is 3.27. The van der Waals surface area contributed by atoms with E-state index in [1.54, 1.807) is 10.9 Å². The molecule has 0 aliphatic carbocycles. The molecule has 0 bridgehead atoms. The number of ketones is 1. The Kier molecular flexibility index (Phi) is 7.73. The van der Waals surface area contributed by atoms with Gasteiger partial charge < -0.3 is 15.1 Å². The van der Waals surface area contributed by atoms with Crippen molar-refractivity contribution in [1.82, 2.24) is 34.6 Å². The molecule has 38 heavy (non-hydrogen) atoms. The molecule has 200 valence electrons. The van der Waals surface area contributed by atoms with Crippen molar-refractivity contribution in [2.75, 3.05) is 44.4 Å². The third-order valence-corrected chi connectivity index (χ3v) is 6.44. The second-order valence-corrected chi connectivity index (χ2v) is 11.0. The van der Waals surface area contributed by atoms with Gasteiger partial charge in [-0.25, -0.2) is 19.9 Å². The number of rotatable bonds is 9. The van der Waals surface area contributed by atoms with Gasteiger partial charge in [-0.15, -0.1) is 0 Å². The summed E-state index contributed by atoms with van der Waals surface area (Å²) in [6.07, 6.45) is 3.49. The number of aromatic nitrogens is 6. The molecule has 0 spiro atoms. The van der Waals surface area contributed by atoms with Gasteiger partial charge in [-0.1, -0.05) is 32.9 Å². The molecule has 0 aliphatic heterocycles. The molecule has 0 aliphatic rings. The minimum atomic E-state index is -0.123. The summed E-state index contributed by atoms with van der Waals surface area (Å²) in [6.45, 7) is 9.97. The number of likely N-dealkylation sites (N-methyl/N-ethyl adjacent to an activating group) is 2. The summed E-state index contributed by atoms with van der Waals surface area (Å²) in [7, 11) is 7.86. The van der Waals surface area contributed by atoms with E-state index in [9.17, 15) is 4.79 Å². The number of carbonyl (C=O) groups is 1. The van der Waals surface area contributed by atoms with Gasteiger partial charge in [0.05, 0.1) is 11.9 Å². The molecule has 3 aromatic heterocycles. The Morgan fingerprint density at radius 3 is 2.50 bits per heavy atom. The van der Waals surface area contributed by atoms with Gasteiger partial charge in [0.15, 0.2) is 11.6 Å². The molecular formula is C28H37N9O. The lowest BCUT2D eigenvalue weighted by atomic mass is 9.92. The van der Waals surface area contributed by atoms with Crippen LogP contribution >= 0.6 is 0 Å². The van der Waals surface area contributed by atoms with E-state index in [4.69, 9.17) is 4.98 Å². The van der Waals surface area contributed by atoms with Crippen LogP contribution < -0.4 is 10.2 Å². The highest BCUT2D eigenvalue weighted by Gasteiger charge is 2.22. The molecule has 0 fully saturated rings. The predicted octanol–water partition coefficient (Wildman–Crippen LogP) is 3.93. The van der Waals surface area contributed by atoms with Crippen LogP contribution in [0.15, 0.2) is 36.8 Å². The number of benzene rings is 1. The van der Waals surface area contributed by atoms with Crippen molar-refractivity contribution >= 4 is 34.3 Å². The van der Waals surface area contributed by atoms with E-state index in [0.717, 1.165) is 35.6 Å². The topological polar surface area (TPSA) is 105 Å². The quantitative estimate of drug-likeness (QED) is 0.332. The van der Waals surface area contributed by atoms with Crippen LogP contribution in [0.4, 0.5) is 17.5 Å². The van der Waals surface area contributed by atoms with E-state index < -0.39 is 0 Å². The summed E-state index contributed by atoms with van der Waals surface area (Å²) in [5.41, 5.74) is 5.47. The highest BCUT2D eigenvalue weighted by Crippen LogP contribution is 2.27. The van der Waals surface area contributed by atoms with Crippen LogP contribution in [0, 0.1) is 6.92 Å². The smallest absolute Gasteiger partial charge is 0.225 e. The third-order valence-electron chi connectivity index (χ3n) is 6.44. The number of fused-ring (bicyclic) bond motifs is 1. The second kappa shape index (κ2) is 10.8. The number of nitrogens with zero attached hydrogens (tertiary/aromatic N) is 8. The summed E-state index contributed by atoms with van der Waals surface area (Å²) >= 11 is 0. The van der Waals surface area contributed by atoms with Crippen LogP contribution in [-0.4, -0.2) is 74.6 Å². The van der Waals surface area contributed by atoms with E-state index in [-0.39, 0.29) is 17.6 Å². The lowest BCUT2D eigenvalue weighted by molar-refractivity contribution is 0.0984. The van der Waals surface area contributed by atoms with Gasteiger partial charge in [0.2, 0.25) is 5.95 Å². The van der Waals surface area contributed by atoms with Gasteiger partial charge >= 0.3 is 0 Å². The van der Waals surface area contributed by atoms with E-state index in [1.807, 2.05) is 64.3 Å². The number of nitrogens with one attached hydrogen (secondary N) is 1. The Balaban J connectivity index is 1.59. The zero-order chi connectivity index (χ0) is 27.6. The maximum Gasteiger partial charge on any atom is 0.225 e. The minimum absolute atomic E-state index is 0.0240. The molecule has 0 saturated heterocycles. The summed E-state index contributed by atoms with van der Waals surface area (Å²) in [6, 6.07) is 7.88. The highest BCUT2D eigenvalue weighted by atomic mass is 16.1. The Morgan fingerprint density at radius 2 is 1.82 bits per heavy atom. The average molecular weight is 516 g/mol. The third kappa shape index (κ3) is 6.13. The Hall–Kier alpha value is -3.92. The highest BCUT2D eigenvalue weighted by molar-refractivity contribution is 5.96. The molecule has 0 saturated carbocycles. The summed E-state index contributed by atoms with van der Waals surface area (Å²) in [5.74, 6) is 1.22. The fourth-order valence-corrected chi connectivity index (χ4v) is 3.98. The number of hydrogen-bond donors (Lipinski definition) is 1. The van der Waals surface area contributed by atoms with E-state index >= 15 is 0 Å². The minimum Gasteiger partial charge on any atom is -0.343 e. The monoisotopic (exact) mass is 515 g/mol. The van der Waals surface area contributed by atoms with Crippen LogP contribution in [-0.2, 0) is 18.9 Å². The van der Waals surface area contributed by atoms with Crippen molar-refractivity contribution < 1.29 is 4.79 Å². The van der Waals surface area contributed by atoms with Crippen LogP contribution in [0.1, 0.15) is 48.1 Å². The van der Waals surface area contributed by atoms with E-state index in [0.29, 0.717) is 28.5 Å². The molecule has 0 atom stereocenters. The second-order valence-electron chi connectivity index (χ2n) is 11.0. The van der Waals surface area contributed by atoms with Crippen molar-refractivity contribution in [3.8, 4) is 0 Å². The predicted molar refractivity (Wildman–Crippen MR) is 151 cm³/mol. The van der Waals surface area contributed by atoms with Crippen molar-refractivity contribution in [3.63, 3.8) is 0 Å². The first kappa shape index (κ1) is 27.1. The standard InChI is InChI=1S/C28H37N9O/c1-18-9-10-19(14-23(38)22-15-24(28(2,3)4)34-37(22)8)13-20(18)32-26-25-21(30-17-31-26)16-29-27(33-25)36(7)12-11-35(5)6/h9-10,13,15-17H,11-12,14H2,1-8H3,(H,30,31,32). The van der Waals surface area contributed by atoms with Crippen molar-refractivity contribution in [2.45, 2.75) is 39.5 Å². The van der Waals surface area contributed by atoms with Gasteiger partial charge in [-0.3, -0.25) is 9.48 Å². The molecule has 1 aromatic carbocycles. The Bertz CT molecular complexity index is 1450. The van der Waals surface area contributed by atoms with Crippen molar-refractivity contribution in [2.24, 2.45) is 7.05 Å². The fraction of sp³-hybridized carbons (Fsp3) is 0.429. The van der Waals surface area contributed by atoms with Gasteiger partial charge in [0.1, 0.15) is 23.1 Å². The molecule has 3 heterocycles. The van der Waals surface area contributed by atoms with Gasteiger partial charge in [-0.2, -0.15) is 5.10 Å². The maximum absolute atomic E-state index is 13.2. The summed E-state index contributed by atoms with van der Waals surface area (Å²) < 4.78 is 1.68. The van der Waals surface area contributed by atoms with Crippen molar-refractivity contribution in [1.29, 1.82) is 0 Å². The van der Waals surface area contributed by atoms with Gasteiger partial charge in [-0.05, 0) is 44.3 Å². The number of carbonyl (C=O) groups excluding carboxylic acids is 1. The molecular weight excluding hydrogens is 478 g/mol. The Labute approximate surface area is 224 Å². The molecule has 0 amide bonds. The van der Waals surface area contributed by atoms with Crippen LogP contribution in [0.25, 0.3) is 11.0 Å². The zero-order valence-corrected chi connectivity index (χ0v) is 23.6. The lowest BCUT2D eigenvalue weighted by Crippen LogP contribution is -2.29. The number of anilines is 3. The van der Waals surface area contributed by atoms with E-state index in [2.05, 4.69) is 51.0 Å². The Morgan fingerprint density at radius 1 is 1.05 bits per heavy atom. The van der Waals surface area contributed by atoms with Crippen LogP contribution in [0.3, 0.4) is 0 Å². The number of Topliss-reactive ketones (excluding diaryl/α,β-unsaturated/α-hetero) is 1. The summed E-state index contributed by atoms with van der Waals surface area (Å²) in [4.78, 5) is 35.4. The first-order valence-corrected chi connectivity index (χ1v) is 12.7. The molecule has 10 nitrogen and oxygen atoms in total. The van der Waals surface area contributed by atoms with Crippen molar-refractivity contribution in [3.05, 3.63) is 59.3 Å². The molecule has 4 aromatic rings. The molecule has 1 N–H and O–H groups in total. The number of aryl methyl sites for hydroxylation is 2. The van der Waals surface area contributed by atoms with Crippen LogP contribution in [0.5, 0.6) is 0 Å². The molecule has 10 heteroatoms. The molecule has 4 rings (SSSR count). The summed E-state index contributed by atoms with van der Waals surface area (Å²) in [5, 5.41) is 7.98. The lowest BCUT2D eigenvalue weighted by Gasteiger charge is -2.20. The SMILES string of the molecule is Cc1ccc(CC(=O)c2cc(C(C)(C)C)nn2C)cc1Nc1ncnc2cnc(N(C)CCN(C)C)nc12. The first-order valence-electron chi connectivity index (χ1n) is 12.7. The van der Waals surface area contributed by atoms with E-state index in [1.165, 1.54) is 6.33 Å². The molecule has 0 unspecified atom stereocenters. The van der Waals surface area contributed by atoms with Crippen LogP contribution in [0.2, 0.25) is 0 Å².